The van der Waals surface area contributed by atoms with Crippen molar-refractivity contribution < 1.29 is 23.5 Å². The maximum absolute atomic E-state index is 12.9. The number of halogens is 2. The van der Waals surface area contributed by atoms with Gasteiger partial charge in [0.2, 0.25) is 10.9 Å². The van der Waals surface area contributed by atoms with Gasteiger partial charge in [-0.2, -0.15) is 0 Å². The molecule has 1 heterocycles. The molecule has 162 valence electrons. The van der Waals surface area contributed by atoms with Crippen molar-refractivity contribution in [1.29, 1.82) is 0 Å². The Hall–Kier alpha value is -3.24. The van der Waals surface area contributed by atoms with E-state index in [4.69, 9.17) is 21.1 Å². The van der Waals surface area contributed by atoms with Crippen molar-refractivity contribution in [1.82, 2.24) is 10.2 Å². The molecular formula is C20H18ClFN4O4S. The molecule has 3 rings (SSSR count). The highest BCUT2D eigenvalue weighted by molar-refractivity contribution is 7.13. The Morgan fingerprint density at radius 3 is 2.45 bits per heavy atom. The molecule has 0 aliphatic rings. The monoisotopic (exact) mass is 464 g/mol. The molecule has 0 saturated carbocycles. The first-order valence-corrected chi connectivity index (χ1v) is 10.2. The molecule has 0 spiro atoms. The van der Waals surface area contributed by atoms with Crippen molar-refractivity contribution in [2.75, 3.05) is 24.9 Å². The highest BCUT2D eigenvalue weighted by Gasteiger charge is 2.16. The van der Waals surface area contributed by atoms with E-state index < -0.39 is 11.7 Å². The lowest BCUT2D eigenvalue weighted by Gasteiger charge is -2.12. The van der Waals surface area contributed by atoms with Gasteiger partial charge in [-0.1, -0.05) is 22.9 Å². The third-order valence-corrected chi connectivity index (χ3v) is 5.35. The fraction of sp³-hybridized carbons (Fsp3) is 0.200. The predicted molar refractivity (Wildman–Crippen MR) is 116 cm³/mol. The number of benzene rings is 2. The predicted octanol–water partition coefficient (Wildman–Crippen LogP) is 4.17. The third-order valence-electron chi connectivity index (χ3n) is 4.08. The zero-order chi connectivity index (χ0) is 22.4. The zero-order valence-electron chi connectivity index (χ0n) is 16.6. The van der Waals surface area contributed by atoms with Crippen molar-refractivity contribution in [3.05, 3.63) is 57.3 Å². The van der Waals surface area contributed by atoms with Crippen molar-refractivity contribution in [2.45, 2.75) is 12.8 Å². The van der Waals surface area contributed by atoms with Gasteiger partial charge in [0.05, 0.1) is 24.9 Å². The molecule has 3 aromatic rings. The quantitative estimate of drug-likeness (QED) is 0.518. The van der Waals surface area contributed by atoms with Crippen LogP contribution >= 0.6 is 22.9 Å². The minimum Gasteiger partial charge on any atom is -0.495 e. The topological polar surface area (TPSA) is 102 Å². The number of aryl methyl sites for hydroxylation is 1. The van der Waals surface area contributed by atoms with Crippen LogP contribution < -0.4 is 20.1 Å². The second-order valence-electron chi connectivity index (χ2n) is 6.20. The van der Waals surface area contributed by atoms with E-state index in [1.54, 1.807) is 12.1 Å². The van der Waals surface area contributed by atoms with Crippen LogP contribution in [-0.2, 0) is 11.2 Å². The van der Waals surface area contributed by atoms with E-state index in [0.29, 0.717) is 39.3 Å². The van der Waals surface area contributed by atoms with Gasteiger partial charge >= 0.3 is 0 Å². The smallest absolute Gasteiger partial charge is 0.286 e. The van der Waals surface area contributed by atoms with Crippen molar-refractivity contribution in [2.24, 2.45) is 0 Å². The van der Waals surface area contributed by atoms with Gasteiger partial charge in [0, 0.05) is 24.6 Å². The fourth-order valence-corrected chi connectivity index (χ4v) is 3.53. The van der Waals surface area contributed by atoms with E-state index in [9.17, 15) is 14.0 Å². The molecule has 31 heavy (non-hydrogen) atoms. The Kier molecular flexibility index (Phi) is 7.37. The van der Waals surface area contributed by atoms with E-state index in [0.717, 1.165) is 11.3 Å². The van der Waals surface area contributed by atoms with Gasteiger partial charge in [-0.25, -0.2) is 4.39 Å². The standard InChI is InChI=1S/C20H18ClFN4O4S/c1-29-15-10-16(30-2)14(9-13(15)21)24-17(27)7-8-18-25-26-20(31-18)19(28)23-12-5-3-11(22)4-6-12/h3-6,9-10H,7-8H2,1-2H3,(H,23,28)(H,24,27). The highest BCUT2D eigenvalue weighted by Crippen LogP contribution is 2.36. The second-order valence-corrected chi connectivity index (χ2v) is 7.67. The highest BCUT2D eigenvalue weighted by atomic mass is 35.5. The Labute approximate surface area is 186 Å². The summed E-state index contributed by atoms with van der Waals surface area (Å²) in [4.78, 5) is 24.6. The molecule has 0 unspecified atom stereocenters. The van der Waals surface area contributed by atoms with Crippen LogP contribution in [0.15, 0.2) is 36.4 Å². The van der Waals surface area contributed by atoms with E-state index >= 15 is 0 Å². The number of ether oxygens (including phenoxy) is 2. The van der Waals surface area contributed by atoms with E-state index in [1.807, 2.05) is 0 Å². The summed E-state index contributed by atoms with van der Waals surface area (Å²) in [5.74, 6) is -0.310. The maximum Gasteiger partial charge on any atom is 0.286 e. The molecule has 0 saturated heterocycles. The number of carbonyl (C=O) groups is 2. The molecule has 2 N–H and O–H groups in total. The van der Waals surface area contributed by atoms with Gasteiger partial charge in [0.1, 0.15) is 22.3 Å². The van der Waals surface area contributed by atoms with Gasteiger partial charge in [0.15, 0.2) is 0 Å². The lowest BCUT2D eigenvalue weighted by molar-refractivity contribution is -0.116. The van der Waals surface area contributed by atoms with Gasteiger partial charge in [-0.15, -0.1) is 10.2 Å². The summed E-state index contributed by atoms with van der Waals surface area (Å²) in [5.41, 5.74) is 0.851. The van der Waals surface area contributed by atoms with Crippen LogP contribution in [0.5, 0.6) is 11.5 Å². The van der Waals surface area contributed by atoms with Crippen molar-refractivity contribution in [3.8, 4) is 11.5 Å². The molecule has 11 heteroatoms. The first-order chi connectivity index (χ1) is 14.9. The number of hydrogen-bond donors (Lipinski definition) is 2. The normalized spacial score (nSPS) is 10.5. The van der Waals surface area contributed by atoms with Crippen LogP contribution in [-0.4, -0.2) is 36.2 Å². The van der Waals surface area contributed by atoms with Crippen LogP contribution in [0.2, 0.25) is 5.02 Å². The molecule has 0 radical (unpaired) electrons. The minimum absolute atomic E-state index is 0.112. The maximum atomic E-state index is 12.9. The number of nitrogens with one attached hydrogen (secondary N) is 2. The largest absolute Gasteiger partial charge is 0.495 e. The fourth-order valence-electron chi connectivity index (χ4n) is 2.56. The zero-order valence-corrected chi connectivity index (χ0v) is 18.1. The number of methoxy groups -OCH3 is 2. The Morgan fingerprint density at radius 1 is 1.06 bits per heavy atom. The second kappa shape index (κ2) is 10.2. The summed E-state index contributed by atoms with van der Waals surface area (Å²) >= 11 is 7.18. The van der Waals surface area contributed by atoms with Gasteiger partial charge in [0.25, 0.3) is 5.91 Å². The average molecular weight is 465 g/mol. The summed E-state index contributed by atoms with van der Waals surface area (Å²) in [6, 6.07) is 8.49. The molecule has 0 fully saturated rings. The Balaban J connectivity index is 1.56. The SMILES string of the molecule is COc1cc(OC)c(NC(=O)CCc2nnc(C(=O)Nc3ccc(F)cc3)s2)cc1Cl. The lowest BCUT2D eigenvalue weighted by atomic mass is 10.2. The number of nitrogens with zero attached hydrogens (tertiary/aromatic N) is 2. The number of amides is 2. The molecule has 2 amide bonds. The van der Waals surface area contributed by atoms with Crippen molar-refractivity contribution in [3.63, 3.8) is 0 Å². The average Bonchev–Trinajstić information content (AvgIpc) is 3.23. The Bertz CT molecular complexity index is 1090. The summed E-state index contributed by atoms with van der Waals surface area (Å²) in [6.45, 7) is 0. The summed E-state index contributed by atoms with van der Waals surface area (Å²) < 4.78 is 23.3. The van der Waals surface area contributed by atoms with Gasteiger partial charge in [-0.3, -0.25) is 9.59 Å². The van der Waals surface area contributed by atoms with E-state index in [-0.39, 0.29) is 17.3 Å². The molecule has 0 aliphatic heterocycles. The molecule has 0 atom stereocenters. The number of anilines is 2. The van der Waals surface area contributed by atoms with Crippen LogP contribution in [0.3, 0.4) is 0 Å². The number of rotatable bonds is 8. The molecule has 8 nitrogen and oxygen atoms in total. The summed E-state index contributed by atoms with van der Waals surface area (Å²) in [5, 5.41) is 14.1. The molecule has 1 aromatic heterocycles. The van der Waals surface area contributed by atoms with E-state index in [1.165, 1.54) is 38.5 Å². The molecule has 2 aromatic carbocycles. The van der Waals surface area contributed by atoms with Gasteiger partial charge in [-0.05, 0) is 30.3 Å². The first-order valence-electron chi connectivity index (χ1n) is 9.00. The lowest BCUT2D eigenvalue weighted by Crippen LogP contribution is -2.13. The van der Waals surface area contributed by atoms with Crippen LogP contribution in [0.25, 0.3) is 0 Å². The molecule has 0 aliphatic carbocycles. The molecule has 0 bridgehead atoms. The van der Waals surface area contributed by atoms with Crippen LogP contribution in [0.1, 0.15) is 21.2 Å². The van der Waals surface area contributed by atoms with Crippen LogP contribution in [0, 0.1) is 5.82 Å². The third kappa shape index (κ3) is 5.89. The van der Waals surface area contributed by atoms with Crippen LogP contribution in [0.4, 0.5) is 15.8 Å². The van der Waals surface area contributed by atoms with Crippen molar-refractivity contribution >= 4 is 46.1 Å². The summed E-state index contributed by atoms with van der Waals surface area (Å²) in [6.07, 6.45) is 0.403. The molecular weight excluding hydrogens is 447 g/mol. The number of aromatic nitrogens is 2. The number of hydrogen-bond acceptors (Lipinski definition) is 7. The summed E-state index contributed by atoms with van der Waals surface area (Å²) in [7, 11) is 2.95. The number of carbonyl (C=O) groups excluding carboxylic acids is 2. The first kappa shape index (κ1) is 22.4. The van der Waals surface area contributed by atoms with E-state index in [2.05, 4.69) is 20.8 Å². The minimum atomic E-state index is -0.461. The Morgan fingerprint density at radius 2 is 1.77 bits per heavy atom. The van der Waals surface area contributed by atoms with Gasteiger partial charge < -0.3 is 20.1 Å².